The average Bonchev–Trinajstić information content (AvgIpc) is 2.47. The van der Waals surface area contributed by atoms with E-state index in [1.165, 1.54) is 11.8 Å². The highest BCUT2D eigenvalue weighted by molar-refractivity contribution is 7.98. The van der Waals surface area contributed by atoms with Gasteiger partial charge in [0.2, 0.25) is 0 Å². The van der Waals surface area contributed by atoms with Crippen LogP contribution in [-0.2, 0) is 19.1 Å². The summed E-state index contributed by atoms with van der Waals surface area (Å²) in [5.74, 6) is -1.16. The van der Waals surface area contributed by atoms with Gasteiger partial charge in [-0.15, -0.1) is 11.8 Å². The van der Waals surface area contributed by atoms with Crippen LogP contribution in [0.3, 0.4) is 0 Å². The molecule has 0 N–H and O–H groups in total. The van der Waals surface area contributed by atoms with Crippen LogP contribution in [0.15, 0.2) is 35.2 Å². The topological polar surface area (TPSA) is 52.6 Å². The molecule has 1 saturated heterocycles. The van der Waals surface area contributed by atoms with Crippen molar-refractivity contribution < 1.29 is 19.1 Å². The van der Waals surface area contributed by atoms with E-state index in [1.54, 1.807) is 11.8 Å². The van der Waals surface area contributed by atoms with Crippen LogP contribution in [0.4, 0.5) is 0 Å². The maximum absolute atomic E-state index is 11.9. The lowest BCUT2D eigenvalue weighted by atomic mass is 9.80. The molecular weight excluding hydrogens is 288 g/mol. The van der Waals surface area contributed by atoms with Crippen molar-refractivity contribution in [1.82, 2.24) is 0 Å². The number of rotatable bonds is 3. The van der Waals surface area contributed by atoms with Gasteiger partial charge in [0.15, 0.2) is 0 Å². The fourth-order valence-corrected chi connectivity index (χ4v) is 3.25. The first-order valence-corrected chi connectivity index (χ1v) is 8.05. The van der Waals surface area contributed by atoms with Crippen LogP contribution in [0.25, 0.3) is 5.57 Å². The van der Waals surface area contributed by atoms with Crippen molar-refractivity contribution in [2.24, 2.45) is 5.92 Å². The van der Waals surface area contributed by atoms with Gasteiger partial charge in [-0.1, -0.05) is 18.2 Å². The number of carbonyl (C=O) groups excluding carboxylic acids is 2. The SMILES string of the molecule is CSc1ccc(C2=C[C@@H]3C(=O)O[C@H]2C[C@H]3OC(C)=O)cc1. The van der Waals surface area contributed by atoms with Crippen LogP contribution in [0.5, 0.6) is 0 Å². The molecule has 1 aliphatic carbocycles. The molecule has 0 radical (unpaired) electrons. The highest BCUT2D eigenvalue weighted by atomic mass is 32.2. The van der Waals surface area contributed by atoms with Crippen molar-refractivity contribution in [2.75, 3.05) is 6.26 Å². The van der Waals surface area contributed by atoms with Crippen LogP contribution < -0.4 is 0 Å². The largest absolute Gasteiger partial charge is 0.461 e. The first-order chi connectivity index (χ1) is 10.1. The molecule has 2 heterocycles. The van der Waals surface area contributed by atoms with E-state index in [1.807, 2.05) is 24.5 Å². The molecule has 0 spiro atoms. The van der Waals surface area contributed by atoms with E-state index in [0.717, 1.165) is 11.1 Å². The zero-order valence-electron chi connectivity index (χ0n) is 11.9. The summed E-state index contributed by atoms with van der Waals surface area (Å²) in [6, 6.07) is 8.17. The Morgan fingerprint density at radius 2 is 2.05 bits per heavy atom. The van der Waals surface area contributed by atoms with Gasteiger partial charge in [-0.25, -0.2) is 0 Å². The van der Waals surface area contributed by atoms with Gasteiger partial charge in [0.05, 0.1) is 0 Å². The van der Waals surface area contributed by atoms with Crippen molar-refractivity contribution in [3.8, 4) is 0 Å². The molecular formula is C16H16O4S. The van der Waals surface area contributed by atoms with Crippen molar-refractivity contribution in [2.45, 2.75) is 30.4 Å². The van der Waals surface area contributed by atoms with Gasteiger partial charge >= 0.3 is 11.9 Å². The molecule has 1 aromatic rings. The molecule has 0 amide bonds. The molecule has 0 aromatic heterocycles. The first kappa shape index (κ1) is 14.2. The Bertz CT molecular complexity index is 605. The van der Waals surface area contributed by atoms with Gasteiger partial charge in [-0.2, -0.15) is 0 Å². The normalized spacial score (nSPS) is 27.0. The number of esters is 2. The second kappa shape index (κ2) is 5.56. The van der Waals surface area contributed by atoms with E-state index >= 15 is 0 Å². The molecule has 0 unspecified atom stereocenters. The van der Waals surface area contributed by atoms with E-state index < -0.39 is 12.0 Å². The minimum absolute atomic E-state index is 0.304. The van der Waals surface area contributed by atoms with Crippen molar-refractivity contribution in [1.29, 1.82) is 0 Å². The number of fused-ring (bicyclic) bond motifs is 2. The monoisotopic (exact) mass is 304 g/mol. The molecule has 1 fully saturated rings. The Balaban J connectivity index is 1.89. The Kier molecular flexibility index (Phi) is 3.76. The van der Waals surface area contributed by atoms with Crippen LogP contribution in [0, 0.1) is 5.92 Å². The summed E-state index contributed by atoms with van der Waals surface area (Å²) >= 11 is 1.68. The van der Waals surface area contributed by atoms with Crippen LogP contribution in [0.2, 0.25) is 0 Å². The number of benzene rings is 1. The predicted octanol–water partition coefficient (Wildman–Crippen LogP) is 2.67. The quantitative estimate of drug-likeness (QED) is 0.635. The highest BCUT2D eigenvalue weighted by Gasteiger charge is 2.45. The number of hydrogen-bond donors (Lipinski definition) is 0. The molecule has 4 nitrogen and oxygen atoms in total. The molecule has 5 heteroatoms. The van der Waals surface area contributed by atoms with E-state index in [2.05, 4.69) is 12.1 Å². The molecule has 0 saturated carbocycles. The van der Waals surface area contributed by atoms with Gasteiger partial charge < -0.3 is 9.47 Å². The van der Waals surface area contributed by atoms with Gasteiger partial charge in [0, 0.05) is 18.2 Å². The zero-order valence-corrected chi connectivity index (χ0v) is 12.7. The number of carbonyl (C=O) groups is 2. The molecule has 1 aromatic carbocycles. The van der Waals surface area contributed by atoms with Gasteiger partial charge in [0.1, 0.15) is 18.1 Å². The van der Waals surface area contributed by atoms with E-state index in [4.69, 9.17) is 9.47 Å². The summed E-state index contributed by atoms with van der Waals surface area (Å²) in [7, 11) is 0. The summed E-state index contributed by atoms with van der Waals surface area (Å²) in [6.45, 7) is 1.36. The smallest absolute Gasteiger partial charge is 0.317 e. The lowest BCUT2D eigenvalue weighted by Gasteiger charge is -2.39. The Morgan fingerprint density at radius 1 is 1.33 bits per heavy atom. The second-order valence-corrected chi connectivity index (χ2v) is 6.07. The average molecular weight is 304 g/mol. The van der Waals surface area contributed by atoms with E-state index in [9.17, 15) is 9.59 Å². The Labute approximate surface area is 127 Å². The van der Waals surface area contributed by atoms with Crippen molar-refractivity contribution in [3.05, 3.63) is 35.9 Å². The maximum Gasteiger partial charge on any atom is 0.317 e. The number of thioether (sulfide) groups is 1. The van der Waals surface area contributed by atoms with Crippen LogP contribution >= 0.6 is 11.8 Å². The van der Waals surface area contributed by atoms with Gasteiger partial charge in [-0.3, -0.25) is 9.59 Å². The third-order valence-corrected chi connectivity index (χ3v) is 4.57. The first-order valence-electron chi connectivity index (χ1n) is 6.82. The standard InChI is InChI=1S/C16H16O4S/c1-9(17)19-15-8-14-12(7-13(15)16(18)20-14)10-3-5-11(21-2)6-4-10/h3-7,13-15H,8H2,1-2H3/t13-,14-,15+/m0/s1. The second-order valence-electron chi connectivity index (χ2n) is 5.19. The zero-order chi connectivity index (χ0) is 15.0. The van der Waals surface area contributed by atoms with Crippen LogP contribution in [-0.4, -0.2) is 30.4 Å². The number of hydrogen-bond acceptors (Lipinski definition) is 5. The molecule has 4 rings (SSSR count). The minimum atomic E-state index is -0.492. The lowest BCUT2D eigenvalue weighted by molar-refractivity contribution is -0.172. The molecule has 2 aliphatic heterocycles. The molecule has 2 bridgehead atoms. The Morgan fingerprint density at radius 3 is 2.62 bits per heavy atom. The lowest BCUT2D eigenvalue weighted by Crippen LogP contribution is -2.46. The molecule has 3 atom stereocenters. The van der Waals surface area contributed by atoms with Gasteiger partial charge in [0.25, 0.3) is 0 Å². The molecule has 110 valence electrons. The molecule has 21 heavy (non-hydrogen) atoms. The van der Waals surface area contributed by atoms with Crippen LogP contribution in [0.1, 0.15) is 18.9 Å². The summed E-state index contributed by atoms with van der Waals surface area (Å²) in [5.41, 5.74) is 2.06. The minimum Gasteiger partial charge on any atom is -0.461 e. The van der Waals surface area contributed by atoms with Gasteiger partial charge in [-0.05, 0) is 29.5 Å². The third-order valence-electron chi connectivity index (χ3n) is 3.82. The summed E-state index contributed by atoms with van der Waals surface area (Å²) < 4.78 is 10.6. The van der Waals surface area contributed by atoms with E-state index in [-0.39, 0.29) is 18.0 Å². The third kappa shape index (κ3) is 2.70. The fourth-order valence-electron chi connectivity index (χ4n) is 2.84. The fraction of sp³-hybridized carbons (Fsp3) is 0.375. The van der Waals surface area contributed by atoms with E-state index in [0.29, 0.717) is 6.42 Å². The summed E-state index contributed by atoms with van der Waals surface area (Å²) in [6.07, 6.45) is 3.73. The summed E-state index contributed by atoms with van der Waals surface area (Å²) in [5, 5.41) is 0. The van der Waals surface area contributed by atoms with Crippen molar-refractivity contribution in [3.63, 3.8) is 0 Å². The highest BCUT2D eigenvalue weighted by Crippen LogP contribution is 2.40. The number of ether oxygens (including phenoxy) is 2. The summed E-state index contributed by atoms with van der Waals surface area (Å²) in [4.78, 5) is 24.2. The molecule has 3 aliphatic rings. The Hall–Kier alpha value is -1.75. The maximum atomic E-state index is 11.9. The predicted molar refractivity (Wildman–Crippen MR) is 79.7 cm³/mol. The van der Waals surface area contributed by atoms with Crippen molar-refractivity contribution >= 4 is 29.3 Å².